The van der Waals surface area contributed by atoms with Crippen molar-refractivity contribution in [1.82, 2.24) is 29.4 Å². The summed E-state index contributed by atoms with van der Waals surface area (Å²) >= 11 is 0. The maximum absolute atomic E-state index is 5.52. The van der Waals surface area contributed by atoms with Gasteiger partial charge >= 0.3 is 0 Å². The third kappa shape index (κ3) is 3.87. The Labute approximate surface area is 141 Å². The van der Waals surface area contributed by atoms with Crippen molar-refractivity contribution < 1.29 is 0 Å². The van der Waals surface area contributed by atoms with Crippen LogP contribution in [0, 0.1) is 13.8 Å². The van der Waals surface area contributed by atoms with Crippen LogP contribution in [0.5, 0.6) is 0 Å². The first-order valence-electron chi connectivity index (χ1n) is 7.85. The number of hydrogen-bond acceptors (Lipinski definition) is 5. The van der Waals surface area contributed by atoms with E-state index in [-0.39, 0.29) is 0 Å². The molecule has 126 valence electrons. The molecule has 0 aliphatic heterocycles. The number of imidazole rings is 1. The topological polar surface area (TPSA) is 86.9 Å². The molecule has 0 saturated carbocycles. The average Bonchev–Trinajstić information content (AvgIpc) is 3.11. The van der Waals surface area contributed by atoms with Gasteiger partial charge in [-0.3, -0.25) is 9.67 Å². The Kier molecular flexibility index (Phi) is 5.47. The molecule has 0 amide bonds. The van der Waals surface area contributed by atoms with E-state index < -0.39 is 0 Å². The first-order chi connectivity index (χ1) is 11.5. The van der Waals surface area contributed by atoms with Gasteiger partial charge in [0.2, 0.25) is 0 Å². The fraction of sp³-hybridized carbons (Fsp3) is 0.294. The van der Waals surface area contributed by atoms with E-state index in [0.717, 1.165) is 27.9 Å². The van der Waals surface area contributed by atoms with Gasteiger partial charge in [-0.05, 0) is 19.9 Å². The summed E-state index contributed by atoms with van der Waals surface area (Å²) in [6, 6.07) is 3.77. The smallest absolute Gasteiger partial charge is 0.155 e. The third-order valence-electron chi connectivity index (χ3n) is 3.19. The summed E-state index contributed by atoms with van der Waals surface area (Å²) in [5, 5.41) is 9.42. The van der Waals surface area contributed by atoms with Crippen molar-refractivity contribution in [3.8, 4) is 0 Å². The van der Waals surface area contributed by atoms with Crippen LogP contribution in [0.2, 0.25) is 0 Å². The molecule has 24 heavy (non-hydrogen) atoms. The number of hydrogen-bond donors (Lipinski definition) is 1. The lowest BCUT2D eigenvalue weighted by atomic mass is 10.3. The molecule has 4 aromatic heterocycles. The van der Waals surface area contributed by atoms with Gasteiger partial charge in [0, 0.05) is 36.6 Å². The van der Waals surface area contributed by atoms with Gasteiger partial charge in [0.15, 0.2) is 5.65 Å². The van der Waals surface area contributed by atoms with Crippen LogP contribution in [0.1, 0.15) is 25.2 Å². The van der Waals surface area contributed by atoms with Crippen LogP contribution in [0.25, 0.3) is 16.6 Å². The molecule has 0 aromatic carbocycles. The van der Waals surface area contributed by atoms with E-state index in [4.69, 9.17) is 5.73 Å². The maximum Gasteiger partial charge on any atom is 0.155 e. The van der Waals surface area contributed by atoms with Crippen molar-refractivity contribution >= 4 is 22.2 Å². The zero-order chi connectivity index (χ0) is 17.7. The number of anilines is 1. The zero-order valence-corrected chi connectivity index (χ0v) is 14.7. The van der Waals surface area contributed by atoms with Gasteiger partial charge in [0.05, 0.1) is 29.3 Å². The highest BCUT2D eigenvalue weighted by molar-refractivity contribution is 5.77. The Morgan fingerprint density at radius 2 is 1.75 bits per heavy atom. The van der Waals surface area contributed by atoms with Crippen LogP contribution in [-0.4, -0.2) is 29.4 Å². The molecule has 0 unspecified atom stereocenters. The fourth-order valence-electron chi connectivity index (χ4n) is 2.15. The van der Waals surface area contributed by atoms with Crippen LogP contribution in [0.4, 0.5) is 5.69 Å². The summed E-state index contributed by atoms with van der Waals surface area (Å²) in [5.74, 6) is 0. The molecule has 0 aliphatic rings. The van der Waals surface area contributed by atoms with Crippen molar-refractivity contribution in [3.05, 3.63) is 48.3 Å². The molecule has 7 heteroatoms. The SMILES string of the molecule is CC.Cc1cc2nn(C)cc2cn1.Cc1cnc2cc(N)cnn12. The lowest BCUT2D eigenvalue weighted by Crippen LogP contribution is -1.95. The molecule has 0 aliphatic carbocycles. The van der Waals surface area contributed by atoms with Crippen molar-refractivity contribution in [2.45, 2.75) is 27.7 Å². The summed E-state index contributed by atoms with van der Waals surface area (Å²) in [5.41, 5.74) is 9.99. The summed E-state index contributed by atoms with van der Waals surface area (Å²) < 4.78 is 3.54. The molecule has 0 bridgehead atoms. The lowest BCUT2D eigenvalue weighted by Gasteiger charge is -1.94. The van der Waals surface area contributed by atoms with Crippen molar-refractivity contribution in [2.75, 3.05) is 5.73 Å². The molecule has 7 nitrogen and oxygen atoms in total. The van der Waals surface area contributed by atoms with Gasteiger partial charge in [0.25, 0.3) is 0 Å². The minimum Gasteiger partial charge on any atom is -0.397 e. The quantitative estimate of drug-likeness (QED) is 0.537. The van der Waals surface area contributed by atoms with E-state index in [1.165, 1.54) is 0 Å². The Morgan fingerprint density at radius 1 is 1.00 bits per heavy atom. The third-order valence-corrected chi connectivity index (χ3v) is 3.19. The predicted molar refractivity (Wildman–Crippen MR) is 96.7 cm³/mol. The Balaban J connectivity index is 0.000000158. The molecule has 0 saturated heterocycles. The van der Waals surface area contributed by atoms with Gasteiger partial charge < -0.3 is 5.73 Å². The average molecular weight is 325 g/mol. The second kappa shape index (κ2) is 7.54. The predicted octanol–water partition coefficient (Wildman–Crippen LogP) is 2.92. The number of aryl methyl sites for hydroxylation is 3. The number of rotatable bonds is 0. The first-order valence-corrected chi connectivity index (χ1v) is 7.85. The zero-order valence-electron chi connectivity index (χ0n) is 14.7. The monoisotopic (exact) mass is 325 g/mol. The Bertz CT molecular complexity index is 928. The van der Waals surface area contributed by atoms with E-state index in [2.05, 4.69) is 20.2 Å². The second-order valence-electron chi connectivity index (χ2n) is 5.15. The van der Waals surface area contributed by atoms with Gasteiger partial charge in [-0.25, -0.2) is 9.50 Å². The summed E-state index contributed by atoms with van der Waals surface area (Å²) in [6.45, 7) is 7.91. The van der Waals surface area contributed by atoms with E-state index >= 15 is 0 Å². The van der Waals surface area contributed by atoms with Crippen LogP contribution in [0.15, 0.2) is 36.9 Å². The standard InChI is InChI=1S/C8H9N3.C7H8N4.C2H6/c1-6-3-8-7(4-9-6)5-11(2)10-8;1-5-3-9-7-2-6(8)4-10-11(5)7;1-2/h3-5H,1-2H3;2-4H,8H2,1H3;1-2H3. The largest absolute Gasteiger partial charge is 0.397 e. The van der Waals surface area contributed by atoms with Gasteiger partial charge in [0.1, 0.15) is 0 Å². The van der Waals surface area contributed by atoms with Crippen LogP contribution >= 0.6 is 0 Å². The second-order valence-corrected chi connectivity index (χ2v) is 5.15. The summed E-state index contributed by atoms with van der Waals surface area (Å²) in [6.07, 6.45) is 7.18. The van der Waals surface area contributed by atoms with Crippen LogP contribution in [-0.2, 0) is 7.05 Å². The number of pyridine rings is 1. The fourth-order valence-corrected chi connectivity index (χ4v) is 2.15. The molecule has 2 N–H and O–H groups in total. The number of aromatic nitrogens is 6. The minimum absolute atomic E-state index is 0.642. The van der Waals surface area contributed by atoms with Crippen LogP contribution < -0.4 is 5.73 Å². The normalized spacial score (nSPS) is 10.0. The molecule has 0 radical (unpaired) electrons. The van der Waals surface area contributed by atoms with Gasteiger partial charge in [-0.1, -0.05) is 13.8 Å². The Morgan fingerprint density at radius 3 is 2.50 bits per heavy atom. The van der Waals surface area contributed by atoms with Gasteiger partial charge in [-0.15, -0.1) is 0 Å². The van der Waals surface area contributed by atoms with Crippen molar-refractivity contribution in [2.24, 2.45) is 7.05 Å². The van der Waals surface area contributed by atoms with Crippen molar-refractivity contribution in [3.63, 3.8) is 0 Å². The van der Waals surface area contributed by atoms with E-state index in [1.807, 2.05) is 53.2 Å². The van der Waals surface area contributed by atoms with E-state index in [9.17, 15) is 0 Å². The highest BCUT2D eigenvalue weighted by Gasteiger charge is 1.98. The van der Waals surface area contributed by atoms with E-state index in [1.54, 1.807) is 27.7 Å². The highest BCUT2D eigenvalue weighted by atomic mass is 15.3. The van der Waals surface area contributed by atoms with Crippen molar-refractivity contribution in [1.29, 1.82) is 0 Å². The first kappa shape index (κ1) is 17.4. The molecule has 0 fully saturated rings. The molecule has 4 aromatic rings. The number of fused-ring (bicyclic) bond motifs is 2. The van der Waals surface area contributed by atoms with Crippen LogP contribution in [0.3, 0.4) is 0 Å². The molecule has 0 atom stereocenters. The number of nitrogen functional groups attached to an aromatic ring is 1. The highest BCUT2D eigenvalue weighted by Crippen LogP contribution is 2.10. The number of nitrogens with two attached hydrogens (primary N) is 1. The minimum atomic E-state index is 0.642. The summed E-state index contributed by atoms with van der Waals surface area (Å²) in [4.78, 5) is 8.27. The molecular weight excluding hydrogens is 302 g/mol. The molecule has 4 rings (SSSR count). The molecule has 0 spiro atoms. The van der Waals surface area contributed by atoms with Gasteiger partial charge in [-0.2, -0.15) is 10.2 Å². The molecule has 4 heterocycles. The summed E-state index contributed by atoms with van der Waals surface area (Å²) in [7, 11) is 1.91. The Hall–Kier alpha value is -2.96. The molecular formula is C17H23N7. The lowest BCUT2D eigenvalue weighted by molar-refractivity contribution is 0.779. The number of nitrogens with zero attached hydrogens (tertiary/aromatic N) is 6. The maximum atomic E-state index is 5.52. The van der Waals surface area contributed by atoms with E-state index in [0.29, 0.717) is 5.69 Å².